The van der Waals surface area contributed by atoms with Gasteiger partial charge in [-0.15, -0.1) is 0 Å². The molecule has 5 heteroatoms. The third-order valence-corrected chi connectivity index (χ3v) is 3.91. The van der Waals surface area contributed by atoms with Gasteiger partial charge in [-0.05, 0) is 43.2 Å². The van der Waals surface area contributed by atoms with E-state index in [4.69, 9.17) is 4.74 Å². The number of aromatic amines is 1. The number of hydrazine groups is 1. The minimum absolute atomic E-state index is 0.0266. The summed E-state index contributed by atoms with van der Waals surface area (Å²) in [6, 6.07) is 9.85. The molecule has 0 saturated carbocycles. The first kappa shape index (κ1) is 15.5. The molecule has 2 N–H and O–H groups in total. The summed E-state index contributed by atoms with van der Waals surface area (Å²) in [6.45, 7) is 3.38. The van der Waals surface area contributed by atoms with Crippen LogP contribution in [0.1, 0.15) is 23.2 Å². The summed E-state index contributed by atoms with van der Waals surface area (Å²) >= 11 is 0. The predicted octanol–water partition coefficient (Wildman–Crippen LogP) is 2.75. The molecule has 0 unspecified atom stereocenters. The molecule has 3 rings (SSSR count). The molecule has 5 nitrogen and oxygen atoms in total. The molecule has 1 amide bonds. The summed E-state index contributed by atoms with van der Waals surface area (Å²) in [5.74, 6) is -0.0266. The van der Waals surface area contributed by atoms with Gasteiger partial charge in [-0.2, -0.15) is 0 Å². The predicted molar refractivity (Wildman–Crippen MR) is 91.8 cm³/mol. The molecule has 2 heterocycles. The Labute approximate surface area is 135 Å². The van der Waals surface area contributed by atoms with Crippen LogP contribution >= 0.6 is 0 Å². The zero-order valence-corrected chi connectivity index (χ0v) is 13.4. The van der Waals surface area contributed by atoms with Crippen LogP contribution in [0.25, 0.3) is 11.6 Å². The van der Waals surface area contributed by atoms with E-state index in [9.17, 15) is 4.79 Å². The first-order valence-electron chi connectivity index (χ1n) is 7.74. The van der Waals surface area contributed by atoms with E-state index in [1.54, 1.807) is 12.1 Å². The van der Waals surface area contributed by atoms with Gasteiger partial charge >= 0.3 is 0 Å². The van der Waals surface area contributed by atoms with Crippen molar-refractivity contribution >= 4 is 23.2 Å². The van der Waals surface area contributed by atoms with Crippen molar-refractivity contribution in [3.05, 3.63) is 53.3 Å². The van der Waals surface area contributed by atoms with Crippen molar-refractivity contribution in [2.75, 3.05) is 25.3 Å². The molecule has 0 atom stereocenters. The fourth-order valence-corrected chi connectivity index (χ4v) is 2.81. The number of benzene rings is 1. The Morgan fingerprint density at radius 2 is 2.17 bits per heavy atom. The Hall–Kier alpha value is -2.37. The number of carbonyl (C=O) groups is 1. The summed E-state index contributed by atoms with van der Waals surface area (Å²) in [7, 11) is 1.68. The summed E-state index contributed by atoms with van der Waals surface area (Å²) in [4.78, 5) is 16.0. The molecule has 0 radical (unpaired) electrons. The maximum absolute atomic E-state index is 12.9. The smallest absolute Gasteiger partial charge is 0.273 e. The molecule has 1 aromatic carbocycles. The van der Waals surface area contributed by atoms with Gasteiger partial charge < -0.3 is 9.72 Å². The van der Waals surface area contributed by atoms with Gasteiger partial charge in [0.25, 0.3) is 5.91 Å². The third-order valence-electron chi connectivity index (χ3n) is 3.91. The van der Waals surface area contributed by atoms with Gasteiger partial charge in [-0.3, -0.25) is 4.79 Å². The number of nitrogens with zero attached hydrogens (tertiary/aromatic N) is 1. The molecule has 120 valence electrons. The number of aromatic nitrogens is 1. The van der Waals surface area contributed by atoms with Crippen LogP contribution in [0.2, 0.25) is 0 Å². The van der Waals surface area contributed by atoms with Crippen molar-refractivity contribution in [1.29, 1.82) is 0 Å². The molecular formula is C18H21N3O2. The molecule has 2 aromatic rings. The fraction of sp³-hybridized carbons (Fsp3) is 0.278. The molecule has 1 aliphatic heterocycles. The Morgan fingerprint density at radius 3 is 2.91 bits per heavy atom. The van der Waals surface area contributed by atoms with E-state index < -0.39 is 0 Å². The highest BCUT2D eigenvalue weighted by molar-refractivity contribution is 6.35. The topological polar surface area (TPSA) is 57.4 Å². The van der Waals surface area contributed by atoms with Crippen molar-refractivity contribution in [3.8, 4) is 0 Å². The van der Waals surface area contributed by atoms with Crippen molar-refractivity contribution in [3.63, 3.8) is 0 Å². The number of rotatable bonds is 6. The number of amides is 1. The van der Waals surface area contributed by atoms with Gasteiger partial charge in [0, 0.05) is 37.7 Å². The number of anilines is 1. The van der Waals surface area contributed by atoms with Crippen LogP contribution in [0.4, 0.5) is 5.69 Å². The summed E-state index contributed by atoms with van der Waals surface area (Å²) in [5, 5.41) is 1.65. The van der Waals surface area contributed by atoms with Crippen LogP contribution in [0.3, 0.4) is 0 Å². The second-order valence-corrected chi connectivity index (χ2v) is 5.55. The van der Waals surface area contributed by atoms with E-state index in [2.05, 4.69) is 10.4 Å². The molecule has 0 fully saturated rings. The van der Waals surface area contributed by atoms with E-state index in [0.29, 0.717) is 18.7 Å². The van der Waals surface area contributed by atoms with Gasteiger partial charge in [0.15, 0.2) is 0 Å². The van der Waals surface area contributed by atoms with Crippen LogP contribution in [-0.2, 0) is 9.53 Å². The van der Waals surface area contributed by atoms with E-state index >= 15 is 0 Å². The zero-order chi connectivity index (χ0) is 16.2. The number of hydrogen-bond acceptors (Lipinski definition) is 3. The SMILES string of the molecule is COCCCNN1C(=O)C(=Cc2ccc[nH]2)c2c(C)cccc21. The second kappa shape index (κ2) is 6.81. The van der Waals surface area contributed by atoms with E-state index in [1.165, 1.54) is 0 Å². The molecule has 0 spiro atoms. The average molecular weight is 311 g/mol. The molecule has 1 aromatic heterocycles. The van der Waals surface area contributed by atoms with Crippen LogP contribution in [-0.4, -0.2) is 31.2 Å². The van der Waals surface area contributed by atoms with Crippen molar-refractivity contribution in [1.82, 2.24) is 10.4 Å². The van der Waals surface area contributed by atoms with Gasteiger partial charge in [-0.1, -0.05) is 12.1 Å². The number of carbonyl (C=O) groups excluding carboxylic acids is 1. The number of fused-ring (bicyclic) bond motifs is 1. The summed E-state index contributed by atoms with van der Waals surface area (Å²) in [5.41, 5.74) is 7.83. The lowest BCUT2D eigenvalue weighted by atomic mass is 10.0. The first-order valence-corrected chi connectivity index (χ1v) is 7.74. The second-order valence-electron chi connectivity index (χ2n) is 5.55. The minimum Gasteiger partial charge on any atom is -0.385 e. The number of hydrogen-bond donors (Lipinski definition) is 2. The van der Waals surface area contributed by atoms with Crippen molar-refractivity contribution < 1.29 is 9.53 Å². The lowest BCUT2D eigenvalue weighted by Gasteiger charge is -2.18. The Balaban J connectivity index is 1.93. The molecular weight excluding hydrogens is 290 g/mol. The number of ether oxygens (including phenoxy) is 1. The summed E-state index contributed by atoms with van der Waals surface area (Å²) < 4.78 is 5.05. The van der Waals surface area contributed by atoms with E-state index in [0.717, 1.165) is 28.9 Å². The normalized spacial score (nSPS) is 15.5. The van der Waals surface area contributed by atoms with Gasteiger partial charge in [0.2, 0.25) is 0 Å². The molecule has 0 saturated heterocycles. The summed E-state index contributed by atoms with van der Waals surface area (Å²) in [6.07, 6.45) is 4.60. The number of H-pyrrole nitrogens is 1. The zero-order valence-electron chi connectivity index (χ0n) is 13.4. The van der Waals surface area contributed by atoms with Gasteiger partial charge in [0.1, 0.15) is 0 Å². The van der Waals surface area contributed by atoms with Crippen molar-refractivity contribution in [2.24, 2.45) is 0 Å². The highest BCUT2D eigenvalue weighted by Crippen LogP contribution is 2.38. The monoisotopic (exact) mass is 311 g/mol. The highest BCUT2D eigenvalue weighted by Gasteiger charge is 2.33. The Morgan fingerprint density at radius 1 is 1.30 bits per heavy atom. The molecule has 0 aliphatic carbocycles. The van der Waals surface area contributed by atoms with Crippen LogP contribution in [0.5, 0.6) is 0 Å². The molecule has 23 heavy (non-hydrogen) atoms. The molecule has 0 bridgehead atoms. The minimum atomic E-state index is -0.0266. The number of aryl methyl sites for hydroxylation is 1. The number of methoxy groups -OCH3 is 1. The number of nitrogens with one attached hydrogen (secondary N) is 2. The van der Waals surface area contributed by atoms with Crippen LogP contribution in [0.15, 0.2) is 36.5 Å². The van der Waals surface area contributed by atoms with Crippen molar-refractivity contribution in [2.45, 2.75) is 13.3 Å². The lowest BCUT2D eigenvalue weighted by molar-refractivity contribution is -0.113. The quantitative estimate of drug-likeness (QED) is 0.637. The van der Waals surface area contributed by atoms with Crippen LogP contribution in [0, 0.1) is 6.92 Å². The Bertz CT molecular complexity index is 720. The fourth-order valence-electron chi connectivity index (χ4n) is 2.81. The lowest BCUT2D eigenvalue weighted by Crippen LogP contribution is -2.41. The van der Waals surface area contributed by atoms with E-state index in [1.807, 2.05) is 49.5 Å². The standard InChI is InChI=1S/C18H21N3O2/c1-13-6-3-8-16-17(13)15(12-14-7-4-9-19-14)18(22)21(16)20-10-5-11-23-2/h3-4,6-9,12,19-20H,5,10-11H2,1-2H3. The largest absolute Gasteiger partial charge is 0.385 e. The van der Waals surface area contributed by atoms with E-state index in [-0.39, 0.29) is 5.91 Å². The first-order chi connectivity index (χ1) is 11.2. The van der Waals surface area contributed by atoms with Gasteiger partial charge in [-0.25, -0.2) is 10.4 Å². The maximum atomic E-state index is 12.9. The average Bonchev–Trinajstić information content (AvgIpc) is 3.14. The third kappa shape index (κ3) is 3.06. The van der Waals surface area contributed by atoms with Crippen LogP contribution < -0.4 is 10.4 Å². The van der Waals surface area contributed by atoms with Gasteiger partial charge in [0.05, 0.1) is 11.3 Å². The molecule has 1 aliphatic rings. The Kier molecular flexibility index (Phi) is 4.60. The highest BCUT2D eigenvalue weighted by atomic mass is 16.5. The maximum Gasteiger partial charge on any atom is 0.273 e.